The van der Waals surface area contributed by atoms with Crippen LogP contribution in [0.4, 0.5) is 5.69 Å². The Bertz CT molecular complexity index is 603. The van der Waals surface area contributed by atoms with Crippen molar-refractivity contribution in [1.29, 1.82) is 5.26 Å². The van der Waals surface area contributed by atoms with E-state index in [0.29, 0.717) is 23.6 Å². The van der Waals surface area contributed by atoms with Crippen molar-refractivity contribution in [2.24, 2.45) is 0 Å². The first kappa shape index (κ1) is 11.8. The molecule has 0 unspecified atom stereocenters. The SMILES string of the molecule is N#Cc1ccc(OCc2cccc(O)c2)c(N)c1. The van der Waals surface area contributed by atoms with Gasteiger partial charge in [0.25, 0.3) is 0 Å². The molecular formula is C14H12N2O2. The Morgan fingerprint density at radius 2 is 2.06 bits per heavy atom. The summed E-state index contributed by atoms with van der Waals surface area (Å²) in [5.41, 5.74) is 7.53. The lowest BCUT2D eigenvalue weighted by Gasteiger charge is -2.09. The van der Waals surface area contributed by atoms with Crippen LogP contribution in [0, 0.1) is 11.3 Å². The minimum Gasteiger partial charge on any atom is -0.508 e. The van der Waals surface area contributed by atoms with Crippen LogP contribution in [-0.4, -0.2) is 5.11 Å². The zero-order chi connectivity index (χ0) is 13.0. The summed E-state index contributed by atoms with van der Waals surface area (Å²) in [6.07, 6.45) is 0. The predicted octanol–water partition coefficient (Wildman–Crippen LogP) is 2.43. The summed E-state index contributed by atoms with van der Waals surface area (Å²) < 4.78 is 5.53. The molecule has 0 radical (unpaired) electrons. The van der Waals surface area contributed by atoms with Gasteiger partial charge in [0.1, 0.15) is 18.1 Å². The van der Waals surface area contributed by atoms with E-state index in [-0.39, 0.29) is 5.75 Å². The molecule has 0 aromatic heterocycles. The number of rotatable bonds is 3. The largest absolute Gasteiger partial charge is 0.508 e. The average molecular weight is 240 g/mol. The molecule has 90 valence electrons. The second-order valence-electron chi connectivity index (χ2n) is 3.82. The Balaban J connectivity index is 2.09. The van der Waals surface area contributed by atoms with Crippen molar-refractivity contribution in [3.05, 3.63) is 53.6 Å². The van der Waals surface area contributed by atoms with Crippen molar-refractivity contribution in [3.63, 3.8) is 0 Å². The molecule has 0 aliphatic carbocycles. The lowest BCUT2D eigenvalue weighted by molar-refractivity contribution is 0.307. The van der Waals surface area contributed by atoms with Gasteiger partial charge < -0.3 is 15.6 Å². The molecule has 0 atom stereocenters. The molecule has 0 fully saturated rings. The number of phenolic OH excluding ortho intramolecular Hbond substituents is 1. The molecule has 3 N–H and O–H groups in total. The molecule has 18 heavy (non-hydrogen) atoms. The maximum absolute atomic E-state index is 9.32. The van der Waals surface area contributed by atoms with E-state index in [1.807, 2.05) is 12.1 Å². The van der Waals surface area contributed by atoms with E-state index < -0.39 is 0 Å². The Morgan fingerprint density at radius 1 is 1.22 bits per heavy atom. The zero-order valence-electron chi connectivity index (χ0n) is 9.63. The lowest BCUT2D eigenvalue weighted by atomic mass is 10.2. The van der Waals surface area contributed by atoms with Gasteiger partial charge in [-0.1, -0.05) is 12.1 Å². The van der Waals surface area contributed by atoms with Crippen LogP contribution < -0.4 is 10.5 Å². The van der Waals surface area contributed by atoms with Gasteiger partial charge in [-0.3, -0.25) is 0 Å². The molecule has 4 heteroatoms. The number of benzene rings is 2. The highest BCUT2D eigenvalue weighted by atomic mass is 16.5. The molecule has 0 saturated heterocycles. The number of nitrogens with zero attached hydrogens (tertiary/aromatic N) is 1. The molecule has 0 heterocycles. The normalized spacial score (nSPS) is 9.72. The number of hydrogen-bond acceptors (Lipinski definition) is 4. The van der Waals surface area contributed by atoms with Crippen LogP contribution in [0.15, 0.2) is 42.5 Å². The number of ether oxygens (including phenoxy) is 1. The van der Waals surface area contributed by atoms with Crippen molar-refractivity contribution < 1.29 is 9.84 Å². The lowest BCUT2D eigenvalue weighted by Crippen LogP contribution is -1.99. The molecule has 0 aliphatic heterocycles. The van der Waals surface area contributed by atoms with Crippen LogP contribution in [0.1, 0.15) is 11.1 Å². The highest BCUT2D eigenvalue weighted by Crippen LogP contribution is 2.23. The van der Waals surface area contributed by atoms with E-state index in [2.05, 4.69) is 0 Å². The smallest absolute Gasteiger partial charge is 0.142 e. The number of nitrogens with two attached hydrogens (primary N) is 1. The van der Waals surface area contributed by atoms with E-state index in [1.165, 1.54) is 0 Å². The minimum absolute atomic E-state index is 0.198. The van der Waals surface area contributed by atoms with Gasteiger partial charge in [-0.2, -0.15) is 5.26 Å². The van der Waals surface area contributed by atoms with Crippen LogP contribution >= 0.6 is 0 Å². The van der Waals surface area contributed by atoms with Gasteiger partial charge in [0.05, 0.1) is 17.3 Å². The third-order valence-corrected chi connectivity index (χ3v) is 2.44. The number of nitrogen functional groups attached to an aromatic ring is 1. The standard InChI is InChI=1S/C14H12N2O2/c15-8-10-4-5-14(13(16)7-10)18-9-11-2-1-3-12(17)6-11/h1-7,17H,9,16H2. The number of phenols is 1. The van der Waals surface area contributed by atoms with Crippen molar-refractivity contribution in [2.75, 3.05) is 5.73 Å². The second-order valence-corrected chi connectivity index (χ2v) is 3.82. The number of nitriles is 1. The minimum atomic E-state index is 0.198. The van der Waals surface area contributed by atoms with Gasteiger partial charge >= 0.3 is 0 Å². The highest BCUT2D eigenvalue weighted by molar-refractivity contribution is 5.56. The van der Waals surface area contributed by atoms with Crippen LogP contribution in [-0.2, 0) is 6.61 Å². The summed E-state index contributed by atoms with van der Waals surface area (Å²) >= 11 is 0. The quantitative estimate of drug-likeness (QED) is 0.807. The van der Waals surface area contributed by atoms with E-state index in [0.717, 1.165) is 5.56 Å². The van der Waals surface area contributed by atoms with Gasteiger partial charge in [0.2, 0.25) is 0 Å². The van der Waals surface area contributed by atoms with Gasteiger partial charge in [-0.25, -0.2) is 0 Å². The van der Waals surface area contributed by atoms with E-state index in [4.69, 9.17) is 15.7 Å². The maximum atomic E-state index is 9.32. The Labute approximate surface area is 105 Å². The van der Waals surface area contributed by atoms with Gasteiger partial charge in [-0.15, -0.1) is 0 Å². The summed E-state index contributed by atoms with van der Waals surface area (Å²) in [6, 6.07) is 13.7. The third-order valence-electron chi connectivity index (χ3n) is 2.44. The summed E-state index contributed by atoms with van der Waals surface area (Å²) in [6.45, 7) is 0.310. The Hall–Kier alpha value is -2.67. The van der Waals surface area contributed by atoms with Crippen LogP contribution in [0.25, 0.3) is 0 Å². The van der Waals surface area contributed by atoms with Crippen molar-refractivity contribution >= 4 is 5.69 Å². The second kappa shape index (κ2) is 5.11. The molecule has 0 saturated carbocycles. The first-order valence-corrected chi connectivity index (χ1v) is 5.39. The summed E-state index contributed by atoms with van der Waals surface area (Å²) in [5.74, 6) is 0.723. The van der Waals surface area contributed by atoms with E-state index in [1.54, 1.807) is 36.4 Å². The maximum Gasteiger partial charge on any atom is 0.142 e. The number of hydrogen-bond donors (Lipinski definition) is 2. The van der Waals surface area contributed by atoms with E-state index >= 15 is 0 Å². The zero-order valence-corrected chi connectivity index (χ0v) is 9.63. The predicted molar refractivity (Wildman–Crippen MR) is 68.0 cm³/mol. The Kier molecular flexibility index (Phi) is 3.35. The fraction of sp³-hybridized carbons (Fsp3) is 0.0714. The van der Waals surface area contributed by atoms with Crippen molar-refractivity contribution in [3.8, 4) is 17.6 Å². The molecule has 0 aliphatic rings. The molecule has 2 rings (SSSR count). The third kappa shape index (κ3) is 2.71. The number of anilines is 1. The molecular weight excluding hydrogens is 228 g/mol. The fourth-order valence-electron chi connectivity index (χ4n) is 1.56. The average Bonchev–Trinajstić information content (AvgIpc) is 2.37. The van der Waals surface area contributed by atoms with Gasteiger partial charge in [-0.05, 0) is 35.9 Å². The van der Waals surface area contributed by atoms with Gasteiger partial charge in [0.15, 0.2) is 0 Å². The number of aromatic hydroxyl groups is 1. The van der Waals surface area contributed by atoms with Gasteiger partial charge in [0, 0.05) is 0 Å². The van der Waals surface area contributed by atoms with E-state index in [9.17, 15) is 5.11 Å². The molecule has 2 aromatic carbocycles. The van der Waals surface area contributed by atoms with Crippen molar-refractivity contribution in [1.82, 2.24) is 0 Å². The molecule has 2 aromatic rings. The topological polar surface area (TPSA) is 79.3 Å². The van der Waals surface area contributed by atoms with Crippen LogP contribution in [0.3, 0.4) is 0 Å². The molecule has 0 bridgehead atoms. The van der Waals surface area contributed by atoms with Crippen LogP contribution in [0.2, 0.25) is 0 Å². The summed E-state index contributed by atoms with van der Waals surface area (Å²) in [4.78, 5) is 0. The van der Waals surface area contributed by atoms with Crippen molar-refractivity contribution in [2.45, 2.75) is 6.61 Å². The molecule has 4 nitrogen and oxygen atoms in total. The first-order valence-electron chi connectivity index (χ1n) is 5.39. The highest BCUT2D eigenvalue weighted by Gasteiger charge is 2.02. The summed E-state index contributed by atoms with van der Waals surface area (Å²) in [5, 5.41) is 18.0. The monoisotopic (exact) mass is 240 g/mol. The molecule has 0 amide bonds. The Morgan fingerprint density at radius 3 is 2.72 bits per heavy atom. The first-order chi connectivity index (χ1) is 8.69. The summed E-state index contributed by atoms with van der Waals surface area (Å²) in [7, 11) is 0. The fourth-order valence-corrected chi connectivity index (χ4v) is 1.56. The molecule has 0 spiro atoms. The van der Waals surface area contributed by atoms with Crippen LogP contribution in [0.5, 0.6) is 11.5 Å².